The third-order valence-corrected chi connectivity index (χ3v) is 1.20. The molecule has 0 aromatic rings. The summed E-state index contributed by atoms with van der Waals surface area (Å²) in [5, 5.41) is 0. The van der Waals surface area contributed by atoms with Gasteiger partial charge in [0, 0.05) is 0 Å². The van der Waals surface area contributed by atoms with Gasteiger partial charge in [-0.2, -0.15) is 8.78 Å². The van der Waals surface area contributed by atoms with E-state index in [1.807, 2.05) is 6.92 Å². The van der Waals surface area contributed by atoms with E-state index in [4.69, 9.17) is 0 Å². The highest BCUT2D eigenvalue weighted by Crippen LogP contribution is 2.25. The molecule has 0 unspecified atom stereocenters. The van der Waals surface area contributed by atoms with Crippen LogP contribution in [0.3, 0.4) is 0 Å². The Balaban J connectivity index is 3.95. The second-order valence-corrected chi connectivity index (χ2v) is 2.94. The fourth-order valence-corrected chi connectivity index (χ4v) is 0.772. The first-order valence-electron chi connectivity index (χ1n) is 2.70. The lowest BCUT2D eigenvalue weighted by atomic mass is 10.2. The van der Waals surface area contributed by atoms with E-state index in [-0.39, 0.29) is 0 Å². The van der Waals surface area contributed by atoms with Crippen molar-refractivity contribution in [3.05, 3.63) is 11.6 Å². The minimum absolute atomic E-state index is 0.668. The quantitative estimate of drug-likeness (QED) is 0.472. The maximum Gasteiger partial charge on any atom is 0.320 e. The van der Waals surface area contributed by atoms with E-state index in [1.54, 1.807) is 6.92 Å². The van der Waals surface area contributed by atoms with Gasteiger partial charge in [-0.25, -0.2) is 0 Å². The maximum atomic E-state index is 12.0. The van der Waals surface area contributed by atoms with Gasteiger partial charge in [-0.05, 0) is 35.4 Å². The van der Waals surface area contributed by atoms with Crippen molar-refractivity contribution in [1.82, 2.24) is 0 Å². The molecule has 0 aliphatic rings. The summed E-state index contributed by atoms with van der Waals surface area (Å²) in [5.74, 6) is 0. The van der Waals surface area contributed by atoms with Gasteiger partial charge >= 0.3 is 4.83 Å². The average molecular weight is 199 g/mol. The summed E-state index contributed by atoms with van der Waals surface area (Å²) in [6.45, 7) is 3.51. The molecule has 0 radical (unpaired) electrons. The van der Waals surface area contributed by atoms with Crippen LogP contribution in [0.2, 0.25) is 0 Å². The monoisotopic (exact) mass is 198 g/mol. The first-order valence-corrected chi connectivity index (χ1v) is 3.50. The minimum atomic E-state index is -2.83. The van der Waals surface area contributed by atoms with Gasteiger partial charge in [0.2, 0.25) is 0 Å². The Bertz CT molecular complexity index is 113. The lowest BCUT2D eigenvalue weighted by molar-refractivity contribution is 0.170. The van der Waals surface area contributed by atoms with Crippen molar-refractivity contribution in [2.24, 2.45) is 0 Å². The first kappa shape index (κ1) is 9.08. The molecule has 9 heavy (non-hydrogen) atoms. The van der Waals surface area contributed by atoms with Crippen LogP contribution < -0.4 is 0 Å². The van der Waals surface area contributed by atoms with Crippen LogP contribution in [0.4, 0.5) is 8.78 Å². The molecule has 0 bridgehead atoms. The van der Waals surface area contributed by atoms with Gasteiger partial charge in [0.05, 0.1) is 0 Å². The van der Waals surface area contributed by atoms with Crippen molar-refractivity contribution < 1.29 is 8.78 Å². The molecule has 0 saturated heterocycles. The van der Waals surface area contributed by atoms with Gasteiger partial charge in [0.1, 0.15) is 0 Å². The average Bonchev–Trinajstić information content (AvgIpc) is 1.62. The Morgan fingerprint density at radius 3 is 2.22 bits per heavy atom. The SMILES string of the molecule is CCC(C)=CC(F)(F)Br. The largest absolute Gasteiger partial charge is 0.320 e. The molecule has 0 amide bonds. The molecule has 0 spiro atoms. The Labute approximate surface area is 62.1 Å². The predicted molar refractivity (Wildman–Crippen MR) is 37.9 cm³/mol. The summed E-state index contributed by atoms with van der Waals surface area (Å²) in [6, 6.07) is 0. The van der Waals surface area contributed by atoms with Gasteiger partial charge in [0.25, 0.3) is 0 Å². The van der Waals surface area contributed by atoms with Crippen molar-refractivity contribution in [2.75, 3.05) is 0 Å². The molecule has 0 fully saturated rings. The fourth-order valence-electron chi connectivity index (χ4n) is 0.381. The van der Waals surface area contributed by atoms with Gasteiger partial charge < -0.3 is 0 Å². The van der Waals surface area contributed by atoms with Crippen molar-refractivity contribution in [3.63, 3.8) is 0 Å². The lowest BCUT2D eigenvalue weighted by Gasteiger charge is -2.01. The number of hydrogen-bond donors (Lipinski definition) is 0. The summed E-state index contributed by atoms with van der Waals surface area (Å²) in [6.07, 6.45) is 1.58. The predicted octanol–water partition coefficient (Wildman–Crippen LogP) is 3.33. The van der Waals surface area contributed by atoms with E-state index in [2.05, 4.69) is 15.9 Å². The summed E-state index contributed by atoms with van der Waals surface area (Å²) >= 11 is 2.21. The Hall–Kier alpha value is 0.0800. The molecule has 0 nitrogen and oxygen atoms in total. The Kier molecular flexibility index (Phi) is 3.33. The van der Waals surface area contributed by atoms with Crippen LogP contribution >= 0.6 is 15.9 Å². The van der Waals surface area contributed by atoms with Crippen LogP contribution in [0.25, 0.3) is 0 Å². The van der Waals surface area contributed by atoms with Gasteiger partial charge in [-0.3, -0.25) is 0 Å². The summed E-state index contributed by atoms with van der Waals surface area (Å²) < 4.78 is 24.0. The van der Waals surface area contributed by atoms with Crippen LogP contribution in [0, 0.1) is 0 Å². The number of alkyl halides is 3. The van der Waals surface area contributed by atoms with E-state index in [0.717, 1.165) is 6.08 Å². The number of rotatable bonds is 2. The zero-order valence-electron chi connectivity index (χ0n) is 5.42. The molecular weight excluding hydrogens is 190 g/mol. The van der Waals surface area contributed by atoms with E-state index in [0.29, 0.717) is 12.0 Å². The molecule has 0 saturated carbocycles. The van der Waals surface area contributed by atoms with Gasteiger partial charge in [-0.15, -0.1) is 0 Å². The fraction of sp³-hybridized carbons (Fsp3) is 0.667. The number of hydrogen-bond acceptors (Lipinski definition) is 0. The van der Waals surface area contributed by atoms with Crippen LogP contribution in [0.5, 0.6) is 0 Å². The smallest absolute Gasteiger partial charge is 0.189 e. The van der Waals surface area contributed by atoms with E-state index in [9.17, 15) is 8.78 Å². The summed E-state index contributed by atoms with van der Waals surface area (Å²) in [4.78, 5) is -2.83. The zero-order valence-corrected chi connectivity index (χ0v) is 7.00. The Morgan fingerprint density at radius 2 is 2.11 bits per heavy atom. The van der Waals surface area contributed by atoms with Gasteiger partial charge in [-0.1, -0.05) is 12.5 Å². The molecule has 0 aliphatic carbocycles. The molecule has 0 N–H and O–H groups in total. The Morgan fingerprint density at radius 1 is 1.67 bits per heavy atom. The molecule has 0 aliphatic heterocycles. The third-order valence-electron chi connectivity index (χ3n) is 0.968. The number of halogens is 3. The van der Waals surface area contributed by atoms with Crippen LogP contribution in [-0.2, 0) is 0 Å². The van der Waals surface area contributed by atoms with Crippen molar-refractivity contribution >= 4 is 15.9 Å². The molecule has 0 rings (SSSR count). The molecule has 0 heterocycles. The lowest BCUT2D eigenvalue weighted by Crippen LogP contribution is -1.99. The molecule has 0 aromatic carbocycles. The third kappa shape index (κ3) is 5.96. The van der Waals surface area contributed by atoms with Crippen molar-refractivity contribution in [3.8, 4) is 0 Å². The number of allylic oxidation sites excluding steroid dienone is 2. The molecule has 3 heteroatoms. The van der Waals surface area contributed by atoms with Crippen LogP contribution in [0.1, 0.15) is 20.3 Å². The van der Waals surface area contributed by atoms with E-state index < -0.39 is 4.83 Å². The standard InChI is InChI=1S/C6H9BrF2/c1-3-5(2)4-6(7,8)9/h4H,3H2,1-2H3. The van der Waals surface area contributed by atoms with Crippen LogP contribution in [0.15, 0.2) is 11.6 Å². The molecule has 54 valence electrons. The van der Waals surface area contributed by atoms with E-state index >= 15 is 0 Å². The van der Waals surface area contributed by atoms with E-state index in [1.165, 1.54) is 0 Å². The van der Waals surface area contributed by atoms with Gasteiger partial charge in [0.15, 0.2) is 0 Å². The zero-order chi connectivity index (χ0) is 7.49. The second-order valence-electron chi connectivity index (χ2n) is 1.89. The highest BCUT2D eigenvalue weighted by molar-refractivity contribution is 9.10. The molecule has 0 aromatic heterocycles. The molecule has 0 atom stereocenters. The minimum Gasteiger partial charge on any atom is -0.189 e. The molecular formula is C6H9BrF2. The summed E-state index contributed by atoms with van der Waals surface area (Å²) in [7, 11) is 0. The first-order chi connectivity index (χ1) is 3.95. The summed E-state index contributed by atoms with van der Waals surface area (Å²) in [5.41, 5.74) is 0.692. The highest BCUT2D eigenvalue weighted by Gasteiger charge is 2.18. The van der Waals surface area contributed by atoms with Crippen LogP contribution in [-0.4, -0.2) is 4.83 Å². The topological polar surface area (TPSA) is 0 Å². The maximum absolute atomic E-state index is 12.0. The normalized spacial score (nSPS) is 14.1. The highest BCUT2D eigenvalue weighted by atomic mass is 79.9. The van der Waals surface area contributed by atoms with Crippen molar-refractivity contribution in [2.45, 2.75) is 25.1 Å². The van der Waals surface area contributed by atoms with Crippen molar-refractivity contribution in [1.29, 1.82) is 0 Å². The second kappa shape index (κ2) is 3.30.